The summed E-state index contributed by atoms with van der Waals surface area (Å²) in [5.41, 5.74) is 1.65. The van der Waals surface area contributed by atoms with Gasteiger partial charge in [-0.25, -0.2) is 0 Å². The molecule has 3 aromatic rings. The molecule has 1 N–H and O–H groups in total. The number of phenolic OH excluding ortho intramolecular Hbond substituents is 1. The Morgan fingerprint density at radius 3 is 2.86 bits per heavy atom. The van der Waals surface area contributed by atoms with E-state index in [9.17, 15) is 9.90 Å². The molecule has 0 saturated heterocycles. The van der Waals surface area contributed by atoms with Crippen LogP contribution in [0.25, 0.3) is 22.3 Å². The number of hydrogen-bond acceptors (Lipinski definition) is 5. The fraction of sp³-hybridized carbons (Fsp3) is 0.118. The first-order chi connectivity index (χ1) is 10.7. The zero-order valence-electron chi connectivity index (χ0n) is 11.8. The van der Waals surface area contributed by atoms with E-state index >= 15 is 0 Å². The monoisotopic (exact) mass is 296 g/mol. The van der Waals surface area contributed by atoms with Crippen molar-refractivity contribution in [1.29, 1.82) is 0 Å². The predicted molar refractivity (Wildman–Crippen MR) is 80.5 cm³/mol. The Morgan fingerprint density at radius 2 is 2.05 bits per heavy atom. The zero-order chi connectivity index (χ0) is 15.3. The van der Waals surface area contributed by atoms with Crippen molar-refractivity contribution in [2.45, 2.75) is 6.61 Å². The maximum absolute atomic E-state index is 12.6. The van der Waals surface area contributed by atoms with E-state index < -0.39 is 0 Å². The van der Waals surface area contributed by atoms with Crippen molar-refractivity contribution < 1.29 is 19.0 Å². The summed E-state index contributed by atoms with van der Waals surface area (Å²) in [6.45, 7) is 0.302. The minimum atomic E-state index is -0.383. The van der Waals surface area contributed by atoms with Gasteiger partial charge in [-0.15, -0.1) is 0 Å². The molecule has 0 fully saturated rings. The Hall–Kier alpha value is -2.95. The van der Waals surface area contributed by atoms with Crippen molar-refractivity contribution >= 4 is 11.0 Å². The van der Waals surface area contributed by atoms with E-state index in [0.29, 0.717) is 18.1 Å². The van der Waals surface area contributed by atoms with Gasteiger partial charge in [-0.05, 0) is 0 Å². The maximum atomic E-state index is 12.6. The summed E-state index contributed by atoms with van der Waals surface area (Å²) in [4.78, 5) is 12.6. The molecule has 1 aliphatic rings. The van der Waals surface area contributed by atoms with Crippen LogP contribution in [0.15, 0.2) is 45.6 Å². The topological polar surface area (TPSA) is 68.9 Å². The Bertz CT molecular complexity index is 955. The second-order valence-corrected chi connectivity index (χ2v) is 5.05. The second kappa shape index (κ2) is 4.53. The number of ether oxygens (including phenoxy) is 2. The van der Waals surface area contributed by atoms with Crippen molar-refractivity contribution in [3.05, 3.63) is 52.2 Å². The van der Waals surface area contributed by atoms with Crippen molar-refractivity contribution in [2.24, 2.45) is 0 Å². The molecule has 4 rings (SSSR count). The van der Waals surface area contributed by atoms with Crippen LogP contribution in [0.3, 0.4) is 0 Å². The summed E-state index contributed by atoms with van der Waals surface area (Å²) in [5.74, 6) is 0.741. The maximum Gasteiger partial charge on any atom is 0.239 e. The van der Waals surface area contributed by atoms with Crippen LogP contribution in [0.1, 0.15) is 5.56 Å². The quantitative estimate of drug-likeness (QED) is 0.747. The molecule has 0 spiro atoms. The lowest BCUT2D eigenvalue weighted by molar-refractivity contribution is 0.290. The van der Waals surface area contributed by atoms with Crippen LogP contribution in [0.4, 0.5) is 0 Å². The van der Waals surface area contributed by atoms with E-state index in [1.165, 1.54) is 13.2 Å². The van der Waals surface area contributed by atoms with Crippen LogP contribution in [-0.2, 0) is 6.61 Å². The van der Waals surface area contributed by atoms with Crippen LogP contribution in [0.5, 0.6) is 17.2 Å². The van der Waals surface area contributed by atoms with Gasteiger partial charge in [0.1, 0.15) is 29.1 Å². The molecule has 1 aliphatic heterocycles. The lowest BCUT2D eigenvalue weighted by atomic mass is 10.0. The SMILES string of the molecule is COc1cc(O)c2c(=O)c3c(oc2c1)-c1ccccc1CO3. The molecule has 0 aliphatic carbocycles. The van der Waals surface area contributed by atoms with Gasteiger partial charge in [0.2, 0.25) is 11.2 Å². The molecule has 5 nitrogen and oxygen atoms in total. The number of benzene rings is 2. The van der Waals surface area contributed by atoms with Crippen molar-refractivity contribution in [3.63, 3.8) is 0 Å². The van der Waals surface area contributed by atoms with Gasteiger partial charge in [0, 0.05) is 23.3 Å². The Labute approximate surface area is 125 Å². The first-order valence-electron chi connectivity index (χ1n) is 6.78. The highest BCUT2D eigenvalue weighted by molar-refractivity contribution is 5.88. The molecule has 0 unspecified atom stereocenters. The first-order valence-corrected chi connectivity index (χ1v) is 6.78. The number of phenols is 1. The smallest absolute Gasteiger partial charge is 0.239 e. The molecule has 0 atom stereocenters. The van der Waals surface area contributed by atoms with Gasteiger partial charge >= 0.3 is 0 Å². The largest absolute Gasteiger partial charge is 0.507 e. The van der Waals surface area contributed by atoms with Crippen LogP contribution in [-0.4, -0.2) is 12.2 Å². The van der Waals surface area contributed by atoms with Gasteiger partial charge in [-0.1, -0.05) is 24.3 Å². The minimum Gasteiger partial charge on any atom is -0.507 e. The summed E-state index contributed by atoms with van der Waals surface area (Å²) in [7, 11) is 1.48. The summed E-state index contributed by atoms with van der Waals surface area (Å²) in [5, 5.41) is 10.2. The van der Waals surface area contributed by atoms with Gasteiger partial charge in [0.15, 0.2) is 5.76 Å². The molecule has 110 valence electrons. The summed E-state index contributed by atoms with van der Waals surface area (Å²) < 4.78 is 16.5. The number of aromatic hydroxyl groups is 1. The van der Waals surface area contributed by atoms with E-state index in [1.54, 1.807) is 6.07 Å². The number of methoxy groups -OCH3 is 1. The molecular formula is C17H12O5. The molecule has 0 bridgehead atoms. The normalized spacial score (nSPS) is 12.4. The van der Waals surface area contributed by atoms with E-state index in [-0.39, 0.29) is 27.9 Å². The molecular weight excluding hydrogens is 284 g/mol. The van der Waals surface area contributed by atoms with Gasteiger partial charge in [-0.2, -0.15) is 0 Å². The molecule has 2 aromatic carbocycles. The Morgan fingerprint density at radius 1 is 1.23 bits per heavy atom. The zero-order valence-corrected chi connectivity index (χ0v) is 11.8. The molecule has 1 aromatic heterocycles. The van der Waals surface area contributed by atoms with Gasteiger partial charge < -0.3 is 19.0 Å². The van der Waals surface area contributed by atoms with E-state index in [0.717, 1.165) is 11.1 Å². The van der Waals surface area contributed by atoms with Crippen molar-refractivity contribution in [1.82, 2.24) is 0 Å². The standard InChI is InChI=1S/C17H12O5/c1-20-10-6-12(18)14-13(7-10)22-16-11-5-3-2-4-9(11)8-21-17(16)15(14)19/h2-7,18H,8H2,1H3. The molecule has 22 heavy (non-hydrogen) atoms. The predicted octanol–water partition coefficient (Wildman–Crippen LogP) is 3.07. The summed E-state index contributed by atoms with van der Waals surface area (Å²) >= 11 is 0. The van der Waals surface area contributed by atoms with Crippen molar-refractivity contribution in [2.75, 3.05) is 7.11 Å². The molecule has 2 heterocycles. The third-order valence-electron chi connectivity index (χ3n) is 3.78. The van der Waals surface area contributed by atoms with Gasteiger partial charge in [0.05, 0.1) is 7.11 Å². The highest BCUT2D eigenvalue weighted by Gasteiger charge is 2.25. The van der Waals surface area contributed by atoms with Gasteiger partial charge in [0.25, 0.3) is 0 Å². The van der Waals surface area contributed by atoms with E-state index in [1.807, 2.05) is 24.3 Å². The van der Waals surface area contributed by atoms with E-state index in [4.69, 9.17) is 13.9 Å². The van der Waals surface area contributed by atoms with Crippen LogP contribution < -0.4 is 14.9 Å². The summed E-state index contributed by atoms with van der Waals surface area (Å²) in [6, 6.07) is 10.5. The number of fused-ring (bicyclic) bond motifs is 4. The molecule has 0 amide bonds. The van der Waals surface area contributed by atoms with Crippen LogP contribution in [0, 0.1) is 0 Å². The third-order valence-corrected chi connectivity index (χ3v) is 3.78. The average Bonchev–Trinajstić information content (AvgIpc) is 2.54. The number of hydrogen-bond donors (Lipinski definition) is 1. The molecule has 0 saturated carbocycles. The van der Waals surface area contributed by atoms with Crippen LogP contribution in [0.2, 0.25) is 0 Å². The van der Waals surface area contributed by atoms with Gasteiger partial charge in [-0.3, -0.25) is 4.79 Å². The third kappa shape index (κ3) is 1.69. The minimum absolute atomic E-state index is 0.0962. The Kier molecular flexibility index (Phi) is 2.63. The lowest BCUT2D eigenvalue weighted by Gasteiger charge is -2.19. The van der Waals surface area contributed by atoms with E-state index in [2.05, 4.69) is 0 Å². The highest BCUT2D eigenvalue weighted by atomic mass is 16.5. The lowest BCUT2D eigenvalue weighted by Crippen LogP contribution is -2.14. The molecule has 0 radical (unpaired) electrons. The highest BCUT2D eigenvalue weighted by Crippen LogP contribution is 2.39. The molecule has 5 heteroatoms. The average molecular weight is 296 g/mol. The van der Waals surface area contributed by atoms with Crippen LogP contribution >= 0.6 is 0 Å². The number of rotatable bonds is 1. The van der Waals surface area contributed by atoms with Crippen molar-refractivity contribution in [3.8, 4) is 28.6 Å². The first kappa shape index (κ1) is 12.8. The fourth-order valence-corrected chi connectivity index (χ4v) is 2.70. The fourth-order valence-electron chi connectivity index (χ4n) is 2.70. The Balaban J connectivity index is 2.12. The second-order valence-electron chi connectivity index (χ2n) is 5.05. The summed E-state index contributed by atoms with van der Waals surface area (Å²) in [6.07, 6.45) is 0.